The maximum Gasteiger partial charge on any atom is 0.329 e. The van der Waals surface area contributed by atoms with E-state index in [0.29, 0.717) is 31.2 Å². The molecule has 4 rings (SSSR count). The zero-order valence-electron chi connectivity index (χ0n) is 26.5. The molecule has 1 aromatic carbocycles. The van der Waals surface area contributed by atoms with E-state index in [-0.39, 0.29) is 19.1 Å². The van der Waals surface area contributed by atoms with Crippen molar-refractivity contribution in [3.05, 3.63) is 66.0 Å². The van der Waals surface area contributed by atoms with E-state index in [9.17, 15) is 9.18 Å². The van der Waals surface area contributed by atoms with Gasteiger partial charge in [-0.25, -0.2) is 24.1 Å². The highest BCUT2D eigenvalue weighted by atomic mass is 19.1. The lowest BCUT2D eigenvalue weighted by Gasteiger charge is -2.28. The van der Waals surface area contributed by atoms with E-state index in [0.717, 1.165) is 55.7 Å². The van der Waals surface area contributed by atoms with Crippen LogP contribution in [0.1, 0.15) is 57.7 Å². The van der Waals surface area contributed by atoms with Gasteiger partial charge in [-0.3, -0.25) is 0 Å². The van der Waals surface area contributed by atoms with Crippen LogP contribution in [0.4, 0.5) is 16.0 Å². The van der Waals surface area contributed by atoms with Crippen molar-refractivity contribution in [2.24, 2.45) is 0 Å². The van der Waals surface area contributed by atoms with Crippen molar-refractivity contribution in [3.63, 3.8) is 0 Å². The molecule has 0 spiro atoms. The Morgan fingerprint density at radius 2 is 1.91 bits per heavy atom. The Bertz CT molecular complexity index is 1320. The predicted molar refractivity (Wildman–Crippen MR) is 173 cm³/mol. The number of ether oxygens (including phenoxy) is 2. The number of carbonyl (C=O) groups excluding carboxylic acids is 1. The second-order valence-corrected chi connectivity index (χ2v) is 12.3. The number of pyridine rings is 1. The van der Waals surface area contributed by atoms with E-state index >= 15 is 0 Å². The SMILES string of the molecule is COCC(F)CN(CCCCc1ccc2c(n1)NCCC2)CCC(Nc1ccnc(-c2ccccc2)n1)C(=O)OC(C)(C)C. The third-order valence-corrected chi connectivity index (χ3v) is 7.35. The Hall–Kier alpha value is -3.63. The number of anilines is 2. The molecule has 2 unspecified atom stereocenters. The van der Waals surface area contributed by atoms with Crippen molar-refractivity contribution in [2.45, 2.75) is 77.1 Å². The molecule has 2 aromatic heterocycles. The Morgan fingerprint density at radius 3 is 2.68 bits per heavy atom. The van der Waals surface area contributed by atoms with Crippen molar-refractivity contribution >= 4 is 17.6 Å². The van der Waals surface area contributed by atoms with Crippen LogP contribution in [0.5, 0.6) is 0 Å². The molecule has 1 aliphatic rings. The molecule has 1 aliphatic heterocycles. The van der Waals surface area contributed by atoms with Gasteiger partial charge < -0.3 is 25.0 Å². The summed E-state index contributed by atoms with van der Waals surface area (Å²) in [5.74, 6) is 1.72. The average molecular weight is 607 g/mol. The monoisotopic (exact) mass is 606 g/mol. The van der Waals surface area contributed by atoms with Crippen LogP contribution in [0.25, 0.3) is 11.4 Å². The molecule has 3 aromatic rings. The number of alkyl halides is 1. The van der Waals surface area contributed by atoms with E-state index in [1.807, 2.05) is 51.1 Å². The van der Waals surface area contributed by atoms with Crippen molar-refractivity contribution in [3.8, 4) is 11.4 Å². The standard InChI is InChI=1S/C34H47FN6O3/c1-34(2,3)44-33(42)29(39-30-17-20-37-32(40-30)25-11-6-5-7-12-25)18-22-41(23-27(35)24-43-4)21-9-8-14-28-16-15-26-13-10-19-36-31(26)38-28/h5-7,11-12,15-17,20,27,29H,8-10,13-14,18-19,21-24H2,1-4H3,(H,36,38)(H,37,39,40). The molecule has 9 nitrogen and oxygen atoms in total. The van der Waals surface area contributed by atoms with Crippen LogP contribution in [0.15, 0.2) is 54.7 Å². The first-order chi connectivity index (χ1) is 21.2. The topological polar surface area (TPSA) is 102 Å². The first-order valence-corrected chi connectivity index (χ1v) is 15.7. The molecule has 238 valence electrons. The van der Waals surface area contributed by atoms with Gasteiger partial charge in [0.05, 0.1) is 6.61 Å². The van der Waals surface area contributed by atoms with Crippen LogP contribution in [-0.4, -0.2) is 83.5 Å². The lowest BCUT2D eigenvalue weighted by molar-refractivity contribution is -0.156. The van der Waals surface area contributed by atoms with Gasteiger partial charge in [-0.1, -0.05) is 36.4 Å². The zero-order valence-corrected chi connectivity index (χ0v) is 26.5. The number of nitrogens with one attached hydrogen (secondary N) is 2. The molecule has 3 heterocycles. The number of halogens is 1. The van der Waals surface area contributed by atoms with Crippen molar-refractivity contribution < 1.29 is 18.7 Å². The number of esters is 1. The van der Waals surface area contributed by atoms with Crippen LogP contribution in [-0.2, 0) is 27.1 Å². The highest BCUT2D eigenvalue weighted by Crippen LogP contribution is 2.21. The van der Waals surface area contributed by atoms with Crippen LogP contribution in [0, 0.1) is 0 Å². The van der Waals surface area contributed by atoms with Crippen LogP contribution < -0.4 is 10.6 Å². The van der Waals surface area contributed by atoms with E-state index in [1.54, 1.807) is 12.3 Å². The zero-order chi connectivity index (χ0) is 31.4. The van der Waals surface area contributed by atoms with E-state index in [4.69, 9.17) is 14.5 Å². The van der Waals surface area contributed by atoms with Crippen LogP contribution >= 0.6 is 0 Å². The molecule has 2 atom stereocenters. The Balaban J connectivity index is 1.40. The fraction of sp³-hybridized carbons (Fsp3) is 0.529. The number of aromatic nitrogens is 3. The maximum atomic E-state index is 14.7. The van der Waals surface area contributed by atoms with Gasteiger partial charge in [0, 0.05) is 44.2 Å². The summed E-state index contributed by atoms with van der Waals surface area (Å²) in [6.07, 6.45) is 5.83. The fourth-order valence-electron chi connectivity index (χ4n) is 5.24. The smallest absolute Gasteiger partial charge is 0.329 e. The highest BCUT2D eigenvalue weighted by Gasteiger charge is 2.27. The summed E-state index contributed by atoms with van der Waals surface area (Å²) in [6, 6.07) is 15.0. The second-order valence-electron chi connectivity index (χ2n) is 12.3. The number of nitrogens with zero attached hydrogens (tertiary/aromatic N) is 4. The average Bonchev–Trinajstić information content (AvgIpc) is 3.00. The summed E-state index contributed by atoms with van der Waals surface area (Å²) >= 11 is 0. The number of unbranched alkanes of at least 4 members (excludes halogenated alkanes) is 1. The maximum absolute atomic E-state index is 14.7. The number of hydrogen-bond acceptors (Lipinski definition) is 9. The first-order valence-electron chi connectivity index (χ1n) is 15.7. The number of methoxy groups -OCH3 is 1. The molecule has 0 bridgehead atoms. The Labute approximate surface area is 261 Å². The molecule has 0 saturated heterocycles. The summed E-state index contributed by atoms with van der Waals surface area (Å²) < 4.78 is 25.6. The minimum atomic E-state index is -1.13. The van der Waals surface area contributed by atoms with Crippen LogP contribution in [0.2, 0.25) is 0 Å². The minimum absolute atomic E-state index is 0.0273. The van der Waals surface area contributed by atoms with Crippen LogP contribution in [0.3, 0.4) is 0 Å². The Morgan fingerprint density at radius 1 is 1.09 bits per heavy atom. The third-order valence-electron chi connectivity index (χ3n) is 7.35. The lowest BCUT2D eigenvalue weighted by atomic mass is 10.1. The highest BCUT2D eigenvalue weighted by molar-refractivity contribution is 5.79. The molecular weight excluding hydrogens is 559 g/mol. The third kappa shape index (κ3) is 10.8. The molecule has 0 aliphatic carbocycles. The van der Waals surface area contributed by atoms with Crippen molar-refractivity contribution in [2.75, 3.05) is 50.5 Å². The molecule has 0 amide bonds. The normalized spacial score (nSPS) is 14.4. The van der Waals surface area contributed by atoms with Gasteiger partial charge in [0.1, 0.15) is 29.5 Å². The number of rotatable bonds is 16. The number of aryl methyl sites for hydroxylation is 2. The number of benzene rings is 1. The van der Waals surface area contributed by atoms with E-state index in [1.165, 1.54) is 12.7 Å². The van der Waals surface area contributed by atoms with Gasteiger partial charge in [-0.15, -0.1) is 0 Å². The summed E-state index contributed by atoms with van der Waals surface area (Å²) in [5.41, 5.74) is 2.58. The van der Waals surface area contributed by atoms with E-state index < -0.39 is 17.8 Å². The van der Waals surface area contributed by atoms with Gasteiger partial charge in [-0.05, 0) is 83.5 Å². The Kier molecular flexibility index (Phi) is 12.4. The first kappa shape index (κ1) is 33.3. The predicted octanol–water partition coefficient (Wildman–Crippen LogP) is 5.72. The number of carbonyl (C=O) groups is 1. The molecular formula is C34H47FN6O3. The van der Waals surface area contributed by atoms with Gasteiger partial charge in [0.15, 0.2) is 5.82 Å². The largest absolute Gasteiger partial charge is 0.458 e. The lowest BCUT2D eigenvalue weighted by Crippen LogP contribution is -2.41. The minimum Gasteiger partial charge on any atom is -0.458 e. The van der Waals surface area contributed by atoms with Gasteiger partial charge >= 0.3 is 5.97 Å². The summed E-state index contributed by atoms with van der Waals surface area (Å²) in [6.45, 7) is 7.95. The van der Waals surface area contributed by atoms with Crippen molar-refractivity contribution in [1.29, 1.82) is 0 Å². The summed E-state index contributed by atoms with van der Waals surface area (Å²) in [5, 5.41) is 6.67. The number of fused-ring (bicyclic) bond motifs is 1. The fourth-order valence-corrected chi connectivity index (χ4v) is 5.24. The quantitative estimate of drug-likeness (QED) is 0.157. The molecule has 44 heavy (non-hydrogen) atoms. The second kappa shape index (κ2) is 16.4. The van der Waals surface area contributed by atoms with Gasteiger partial charge in [-0.2, -0.15) is 0 Å². The van der Waals surface area contributed by atoms with Crippen molar-refractivity contribution in [1.82, 2.24) is 19.9 Å². The van der Waals surface area contributed by atoms with Gasteiger partial charge in [0.25, 0.3) is 0 Å². The molecule has 0 saturated carbocycles. The summed E-state index contributed by atoms with van der Waals surface area (Å²) in [7, 11) is 1.51. The number of hydrogen-bond donors (Lipinski definition) is 2. The van der Waals surface area contributed by atoms with Gasteiger partial charge in [0.2, 0.25) is 0 Å². The molecule has 0 fully saturated rings. The summed E-state index contributed by atoms with van der Waals surface area (Å²) in [4.78, 5) is 29.2. The molecule has 10 heteroatoms. The van der Waals surface area contributed by atoms with E-state index in [2.05, 4.69) is 37.6 Å². The molecule has 2 N–H and O–H groups in total. The molecule has 0 radical (unpaired) electrons.